The number of nitrogens with zero attached hydrogens (tertiary/aromatic N) is 4. The molecular formula is C19H18ClN5OS. The molecule has 2 aromatic carbocycles. The van der Waals surface area contributed by atoms with Crippen LogP contribution in [0.2, 0.25) is 5.02 Å². The summed E-state index contributed by atoms with van der Waals surface area (Å²) in [6.45, 7) is 0. The molecule has 0 saturated heterocycles. The third-order valence-corrected chi connectivity index (χ3v) is 5.72. The molecule has 6 nitrogen and oxygen atoms in total. The zero-order valence-corrected chi connectivity index (χ0v) is 16.1. The Bertz CT molecular complexity index is 943. The van der Waals surface area contributed by atoms with Gasteiger partial charge in [0.25, 0.3) is 0 Å². The first-order valence-electron chi connectivity index (χ1n) is 8.75. The molecule has 0 bridgehead atoms. The van der Waals surface area contributed by atoms with Crippen LogP contribution in [0.4, 0.5) is 0 Å². The Labute approximate surface area is 166 Å². The zero-order valence-electron chi connectivity index (χ0n) is 14.5. The molecule has 1 N–H and O–H groups in total. The number of hydrogen-bond donors (Lipinski definition) is 1. The predicted molar refractivity (Wildman–Crippen MR) is 105 cm³/mol. The standard InChI is InChI=1S/C19H18ClN5OS/c20-14-8-10-15(11-9-14)25-19(22-23-24-25)27-12-18(26)21-17-7-3-5-13-4-1-2-6-16(13)17/h1-2,4,6,8-11,17H,3,5,7,12H2,(H,21,26)/t17-/m0/s1. The first-order valence-corrected chi connectivity index (χ1v) is 10.1. The van der Waals surface area contributed by atoms with Crippen molar-refractivity contribution in [3.8, 4) is 5.69 Å². The van der Waals surface area contributed by atoms with Crippen LogP contribution in [0.15, 0.2) is 53.7 Å². The van der Waals surface area contributed by atoms with E-state index in [1.165, 1.54) is 22.9 Å². The van der Waals surface area contributed by atoms with Crippen LogP contribution in [0.25, 0.3) is 5.69 Å². The minimum atomic E-state index is -0.0210. The van der Waals surface area contributed by atoms with Crippen LogP contribution in [0, 0.1) is 0 Å². The van der Waals surface area contributed by atoms with Crippen molar-refractivity contribution in [1.82, 2.24) is 25.5 Å². The molecule has 138 valence electrons. The highest BCUT2D eigenvalue weighted by Gasteiger charge is 2.21. The van der Waals surface area contributed by atoms with Gasteiger partial charge in [0.15, 0.2) is 0 Å². The van der Waals surface area contributed by atoms with Crippen molar-refractivity contribution in [3.05, 3.63) is 64.7 Å². The Morgan fingerprint density at radius 3 is 2.89 bits per heavy atom. The molecule has 1 aliphatic rings. The highest BCUT2D eigenvalue weighted by molar-refractivity contribution is 7.99. The van der Waals surface area contributed by atoms with Crippen molar-refractivity contribution in [2.75, 3.05) is 5.75 Å². The number of hydrogen-bond acceptors (Lipinski definition) is 5. The zero-order chi connectivity index (χ0) is 18.6. The van der Waals surface area contributed by atoms with Crippen molar-refractivity contribution in [2.24, 2.45) is 0 Å². The number of rotatable bonds is 5. The number of tetrazole rings is 1. The van der Waals surface area contributed by atoms with Crippen LogP contribution in [-0.2, 0) is 11.2 Å². The van der Waals surface area contributed by atoms with E-state index in [2.05, 4.69) is 39.0 Å². The maximum absolute atomic E-state index is 12.5. The first kappa shape index (κ1) is 18.0. The Kier molecular flexibility index (Phi) is 5.40. The van der Waals surface area contributed by atoms with E-state index in [0.717, 1.165) is 24.9 Å². The fourth-order valence-electron chi connectivity index (χ4n) is 3.28. The van der Waals surface area contributed by atoms with Gasteiger partial charge in [0, 0.05) is 5.02 Å². The van der Waals surface area contributed by atoms with Crippen LogP contribution in [0.1, 0.15) is 30.0 Å². The lowest BCUT2D eigenvalue weighted by Crippen LogP contribution is -2.32. The Morgan fingerprint density at radius 1 is 1.22 bits per heavy atom. The van der Waals surface area contributed by atoms with Gasteiger partial charge in [-0.15, -0.1) is 5.10 Å². The summed E-state index contributed by atoms with van der Waals surface area (Å²) in [7, 11) is 0. The van der Waals surface area contributed by atoms with Crippen molar-refractivity contribution < 1.29 is 4.79 Å². The summed E-state index contributed by atoms with van der Waals surface area (Å²) in [5.74, 6) is 0.236. The van der Waals surface area contributed by atoms with Crippen molar-refractivity contribution in [3.63, 3.8) is 0 Å². The van der Waals surface area contributed by atoms with Gasteiger partial charge in [-0.1, -0.05) is 47.6 Å². The van der Waals surface area contributed by atoms with Gasteiger partial charge < -0.3 is 5.32 Å². The number of aromatic nitrogens is 4. The van der Waals surface area contributed by atoms with E-state index >= 15 is 0 Å². The first-order chi connectivity index (χ1) is 13.2. The Morgan fingerprint density at radius 2 is 2.04 bits per heavy atom. The third-order valence-electron chi connectivity index (χ3n) is 4.55. The Balaban J connectivity index is 1.40. The highest BCUT2D eigenvalue weighted by Crippen LogP contribution is 2.29. The minimum absolute atomic E-state index is 0.0210. The maximum Gasteiger partial charge on any atom is 0.230 e. The average Bonchev–Trinajstić information content (AvgIpc) is 3.16. The molecule has 1 heterocycles. The van der Waals surface area contributed by atoms with Gasteiger partial charge in [0.2, 0.25) is 11.1 Å². The maximum atomic E-state index is 12.5. The molecule has 1 aliphatic carbocycles. The number of amides is 1. The van der Waals surface area contributed by atoms with Crippen LogP contribution in [0.5, 0.6) is 0 Å². The lowest BCUT2D eigenvalue weighted by molar-refractivity contribution is -0.119. The average molecular weight is 400 g/mol. The number of fused-ring (bicyclic) bond motifs is 1. The van der Waals surface area contributed by atoms with Gasteiger partial charge in [-0.2, -0.15) is 4.68 Å². The second-order valence-electron chi connectivity index (χ2n) is 6.35. The summed E-state index contributed by atoms with van der Waals surface area (Å²) in [6, 6.07) is 15.6. The van der Waals surface area contributed by atoms with E-state index in [9.17, 15) is 4.79 Å². The normalized spacial score (nSPS) is 16.0. The van der Waals surface area contributed by atoms with Gasteiger partial charge in [0.1, 0.15) is 0 Å². The summed E-state index contributed by atoms with van der Waals surface area (Å²) in [5.41, 5.74) is 3.36. The summed E-state index contributed by atoms with van der Waals surface area (Å²) in [4.78, 5) is 12.5. The van der Waals surface area contributed by atoms with Crippen LogP contribution < -0.4 is 5.32 Å². The quantitative estimate of drug-likeness (QED) is 0.663. The molecule has 0 spiro atoms. The summed E-state index contributed by atoms with van der Waals surface area (Å²) in [5, 5.41) is 16.1. The van der Waals surface area contributed by atoms with E-state index in [1.54, 1.807) is 16.8 Å². The molecular weight excluding hydrogens is 382 g/mol. The van der Waals surface area contributed by atoms with Crippen molar-refractivity contribution in [1.29, 1.82) is 0 Å². The molecule has 27 heavy (non-hydrogen) atoms. The fraction of sp³-hybridized carbons (Fsp3) is 0.263. The van der Waals surface area contributed by atoms with Crippen LogP contribution >= 0.6 is 23.4 Å². The molecule has 1 aromatic heterocycles. The summed E-state index contributed by atoms with van der Waals surface area (Å²) >= 11 is 7.24. The third kappa shape index (κ3) is 4.14. The number of carbonyl (C=O) groups excluding carboxylic acids is 1. The molecule has 8 heteroatoms. The lowest BCUT2D eigenvalue weighted by Gasteiger charge is -2.26. The van der Waals surface area contributed by atoms with Gasteiger partial charge in [-0.25, -0.2) is 0 Å². The predicted octanol–water partition coefficient (Wildman–Crippen LogP) is 3.60. The number of aryl methyl sites for hydroxylation is 1. The summed E-state index contributed by atoms with van der Waals surface area (Å²) in [6.07, 6.45) is 3.13. The van der Waals surface area contributed by atoms with Crippen LogP contribution in [0.3, 0.4) is 0 Å². The second-order valence-corrected chi connectivity index (χ2v) is 7.73. The molecule has 1 amide bonds. The number of thioether (sulfide) groups is 1. The highest BCUT2D eigenvalue weighted by atomic mass is 35.5. The molecule has 0 saturated carbocycles. The van der Waals surface area contributed by atoms with Gasteiger partial charge in [-0.3, -0.25) is 4.79 Å². The lowest BCUT2D eigenvalue weighted by atomic mass is 9.88. The molecule has 4 rings (SSSR count). The second kappa shape index (κ2) is 8.10. The molecule has 0 aliphatic heterocycles. The van der Waals surface area contributed by atoms with E-state index in [4.69, 9.17) is 11.6 Å². The van der Waals surface area contributed by atoms with Gasteiger partial charge >= 0.3 is 0 Å². The minimum Gasteiger partial charge on any atom is -0.349 e. The van der Waals surface area contributed by atoms with E-state index in [-0.39, 0.29) is 17.7 Å². The molecule has 0 fully saturated rings. The van der Waals surface area contributed by atoms with Gasteiger partial charge in [0.05, 0.1) is 17.5 Å². The SMILES string of the molecule is O=C(CSc1nnnn1-c1ccc(Cl)cc1)N[C@H]1CCCc2ccccc21. The number of benzene rings is 2. The van der Waals surface area contributed by atoms with Crippen LogP contribution in [-0.4, -0.2) is 31.9 Å². The topological polar surface area (TPSA) is 72.7 Å². The van der Waals surface area contributed by atoms with E-state index in [1.807, 2.05) is 18.2 Å². The Hall–Kier alpha value is -2.38. The monoisotopic (exact) mass is 399 g/mol. The molecule has 0 radical (unpaired) electrons. The van der Waals surface area contributed by atoms with Crippen molar-refractivity contribution in [2.45, 2.75) is 30.5 Å². The number of halogens is 1. The fourth-order valence-corrected chi connectivity index (χ4v) is 4.11. The molecule has 0 unspecified atom stereocenters. The van der Waals surface area contributed by atoms with Gasteiger partial charge in [-0.05, 0) is 65.1 Å². The van der Waals surface area contributed by atoms with E-state index in [0.29, 0.717) is 10.2 Å². The van der Waals surface area contributed by atoms with E-state index < -0.39 is 0 Å². The smallest absolute Gasteiger partial charge is 0.230 e. The number of nitrogens with one attached hydrogen (secondary N) is 1. The molecule has 1 atom stereocenters. The largest absolute Gasteiger partial charge is 0.349 e. The summed E-state index contributed by atoms with van der Waals surface area (Å²) < 4.78 is 1.60. The number of carbonyl (C=O) groups is 1. The molecule has 3 aromatic rings. The van der Waals surface area contributed by atoms with Crippen molar-refractivity contribution >= 4 is 29.3 Å².